The molecule has 1 aliphatic heterocycles. The molecule has 1 heterocycles. The maximum atomic E-state index is 12.3. The van der Waals surface area contributed by atoms with E-state index in [4.69, 9.17) is 0 Å². The lowest BCUT2D eigenvalue weighted by Gasteiger charge is -2.30. The Morgan fingerprint density at radius 1 is 1.28 bits per heavy atom. The molecule has 3 nitrogen and oxygen atoms in total. The standard InChI is InChI=1S/C15H22N2O/c1-12-7-9-17(10-8-12)15(18)14-5-3-13(4-6-14)11-16-2/h3-6,12,16H,7-11H2,1-2H3. The molecule has 1 amide bonds. The molecular formula is C15H22N2O. The average molecular weight is 246 g/mol. The first kappa shape index (κ1) is 13.1. The first-order valence-corrected chi connectivity index (χ1v) is 6.73. The van der Waals surface area contributed by atoms with Crippen molar-refractivity contribution in [2.45, 2.75) is 26.3 Å². The molecule has 1 saturated heterocycles. The molecule has 0 bridgehead atoms. The number of carbonyl (C=O) groups is 1. The molecular weight excluding hydrogens is 224 g/mol. The van der Waals surface area contributed by atoms with Gasteiger partial charge in [-0.05, 0) is 43.5 Å². The van der Waals surface area contributed by atoms with Gasteiger partial charge in [0.2, 0.25) is 0 Å². The maximum Gasteiger partial charge on any atom is 0.253 e. The summed E-state index contributed by atoms with van der Waals surface area (Å²) in [5.74, 6) is 0.935. The molecule has 0 radical (unpaired) electrons. The molecule has 0 saturated carbocycles. The van der Waals surface area contributed by atoms with Crippen LogP contribution in [-0.2, 0) is 6.54 Å². The number of nitrogens with zero attached hydrogens (tertiary/aromatic N) is 1. The van der Waals surface area contributed by atoms with Crippen molar-refractivity contribution in [3.05, 3.63) is 35.4 Å². The number of amides is 1. The van der Waals surface area contributed by atoms with Gasteiger partial charge in [0.15, 0.2) is 0 Å². The molecule has 0 aromatic heterocycles. The van der Waals surface area contributed by atoms with Crippen molar-refractivity contribution in [3.63, 3.8) is 0 Å². The van der Waals surface area contributed by atoms with Crippen molar-refractivity contribution in [1.82, 2.24) is 10.2 Å². The fourth-order valence-corrected chi connectivity index (χ4v) is 2.36. The highest BCUT2D eigenvalue weighted by Gasteiger charge is 2.21. The highest BCUT2D eigenvalue weighted by molar-refractivity contribution is 5.94. The Labute approximate surface area is 109 Å². The zero-order chi connectivity index (χ0) is 13.0. The normalized spacial score (nSPS) is 16.9. The molecule has 0 aliphatic carbocycles. The third kappa shape index (κ3) is 3.10. The van der Waals surface area contributed by atoms with Crippen LogP contribution in [0.5, 0.6) is 0 Å². The van der Waals surface area contributed by atoms with Gasteiger partial charge in [-0.1, -0.05) is 19.1 Å². The summed E-state index contributed by atoms with van der Waals surface area (Å²) in [5, 5.41) is 3.11. The van der Waals surface area contributed by atoms with Gasteiger partial charge in [0.05, 0.1) is 0 Å². The van der Waals surface area contributed by atoms with E-state index in [0.29, 0.717) is 0 Å². The van der Waals surface area contributed by atoms with E-state index in [9.17, 15) is 4.79 Å². The van der Waals surface area contributed by atoms with Crippen LogP contribution in [0.1, 0.15) is 35.7 Å². The Morgan fingerprint density at radius 3 is 2.44 bits per heavy atom. The van der Waals surface area contributed by atoms with Gasteiger partial charge in [-0.3, -0.25) is 4.79 Å². The van der Waals surface area contributed by atoms with E-state index in [1.807, 2.05) is 36.2 Å². The highest BCUT2D eigenvalue weighted by Crippen LogP contribution is 2.18. The molecule has 0 atom stereocenters. The van der Waals surface area contributed by atoms with Crippen molar-refractivity contribution in [1.29, 1.82) is 0 Å². The summed E-state index contributed by atoms with van der Waals surface area (Å²) in [7, 11) is 1.92. The fourth-order valence-electron chi connectivity index (χ4n) is 2.36. The van der Waals surface area contributed by atoms with Crippen molar-refractivity contribution in [3.8, 4) is 0 Å². The van der Waals surface area contributed by atoms with E-state index in [1.165, 1.54) is 5.56 Å². The smallest absolute Gasteiger partial charge is 0.253 e. The minimum absolute atomic E-state index is 0.179. The van der Waals surface area contributed by atoms with Crippen LogP contribution in [-0.4, -0.2) is 30.9 Å². The Hall–Kier alpha value is -1.35. The van der Waals surface area contributed by atoms with Gasteiger partial charge in [0.1, 0.15) is 0 Å². The van der Waals surface area contributed by atoms with E-state index in [-0.39, 0.29) is 5.91 Å². The number of piperidine rings is 1. The SMILES string of the molecule is CNCc1ccc(C(=O)N2CCC(C)CC2)cc1. The van der Waals surface area contributed by atoms with Gasteiger partial charge in [-0.25, -0.2) is 0 Å². The van der Waals surface area contributed by atoms with Gasteiger partial charge in [0.25, 0.3) is 5.91 Å². The first-order chi connectivity index (χ1) is 8.70. The van der Waals surface area contributed by atoms with E-state index >= 15 is 0 Å². The monoisotopic (exact) mass is 246 g/mol. The molecule has 3 heteroatoms. The number of rotatable bonds is 3. The van der Waals surface area contributed by atoms with Gasteiger partial charge in [-0.15, -0.1) is 0 Å². The van der Waals surface area contributed by atoms with Crippen molar-refractivity contribution in [2.75, 3.05) is 20.1 Å². The lowest BCUT2D eigenvalue weighted by molar-refractivity contribution is 0.0697. The molecule has 1 aromatic carbocycles. The van der Waals surface area contributed by atoms with Crippen LogP contribution in [0, 0.1) is 5.92 Å². The quantitative estimate of drug-likeness (QED) is 0.887. The second kappa shape index (κ2) is 6.01. The summed E-state index contributed by atoms with van der Waals surface area (Å²) < 4.78 is 0. The first-order valence-electron chi connectivity index (χ1n) is 6.73. The third-order valence-corrected chi connectivity index (χ3v) is 3.65. The molecule has 1 aliphatic rings. The molecule has 2 rings (SSSR count). The highest BCUT2D eigenvalue weighted by atomic mass is 16.2. The number of likely N-dealkylation sites (tertiary alicyclic amines) is 1. The van der Waals surface area contributed by atoms with Crippen LogP contribution >= 0.6 is 0 Å². The van der Waals surface area contributed by atoms with Gasteiger partial charge < -0.3 is 10.2 Å². The minimum atomic E-state index is 0.179. The van der Waals surface area contributed by atoms with E-state index in [0.717, 1.165) is 44.0 Å². The minimum Gasteiger partial charge on any atom is -0.339 e. The summed E-state index contributed by atoms with van der Waals surface area (Å²) in [4.78, 5) is 14.3. The predicted octanol–water partition coefficient (Wildman–Crippen LogP) is 2.28. The largest absolute Gasteiger partial charge is 0.339 e. The van der Waals surface area contributed by atoms with Crippen molar-refractivity contribution >= 4 is 5.91 Å². The number of nitrogens with one attached hydrogen (secondary N) is 1. The molecule has 0 spiro atoms. The average Bonchev–Trinajstić information content (AvgIpc) is 2.40. The van der Waals surface area contributed by atoms with Gasteiger partial charge >= 0.3 is 0 Å². The number of hydrogen-bond acceptors (Lipinski definition) is 2. The molecule has 0 unspecified atom stereocenters. The summed E-state index contributed by atoms with van der Waals surface area (Å²) in [6, 6.07) is 7.92. The Balaban J connectivity index is 2.00. The fraction of sp³-hybridized carbons (Fsp3) is 0.533. The van der Waals surface area contributed by atoms with Crippen molar-refractivity contribution < 1.29 is 4.79 Å². The van der Waals surface area contributed by atoms with Crippen LogP contribution in [0.4, 0.5) is 0 Å². The van der Waals surface area contributed by atoms with Crippen LogP contribution < -0.4 is 5.32 Å². The summed E-state index contributed by atoms with van der Waals surface area (Å²) in [5.41, 5.74) is 2.02. The second-order valence-corrected chi connectivity index (χ2v) is 5.20. The molecule has 18 heavy (non-hydrogen) atoms. The molecule has 1 N–H and O–H groups in total. The third-order valence-electron chi connectivity index (χ3n) is 3.65. The molecule has 1 aromatic rings. The lowest BCUT2D eigenvalue weighted by atomic mass is 9.98. The van der Waals surface area contributed by atoms with Gasteiger partial charge in [-0.2, -0.15) is 0 Å². The Bertz CT molecular complexity index is 391. The topological polar surface area (TPSA) is 32.3 Å². The van der Waals surface area contributed by atoms with E-state index < -0.39 is 0 Å². The van der Waals surface area contributed by atoms with Crippen LogP contribution in [0.2, 0.25) is 0 Å². The summed E-state index contributed by atoms with van der Waals surface area (Å²) in [6.45, 7) is 4.90. The second-order valence-electron chi connectivity index (χ2n) is 5.20. The number of hydrogen-bond donors (Lipinski definition) is 1. The zero-order valence-corrected chi connectivity index (χ0v) is 11.3. The lowest BCUT2D eigenvalue weighted by Crippen LogP contribution is -2.37. The van der Waals surface area contributed by atoms with Crippen LogP contribution in [0.15, 0.2) is 24.3 Å². The predicted molar refractivity (Wildman–Crippen MR) is 73.5 cm³/mol. The molecule has 1 fully saturated rings. The Morgan fingerprint density at radius 2 is 1.89 bits per heavy atom. The van der Waals surface area contributed by atoms with E-state index in [2.05, 4.69) is 12.2 Å². The maximum absolute atomic E-state index is 12.3. The number of benzene rings is 1. The van der Waals surface area contributed by atoms with Crippen molar-refractivity contribution in [2.24, 2.45) is 5.92 Å². The van der Waals surface area contributed by atoms with Crippen LogP contribution in [0.25, 0.3) is 0 Å². The summed E-state index contributed by atoms with van der Waals surface area (Å²) in [6.07, 6.45) is 2.26. The van der Waals surface area contributed by atoms with E-state index in [1.54, 1.807) is 0 Å². The zero-order valence-electron chi connectivity index (χ0n) is 11.3. The summed E-state index contributed by atoms with van der Waals surface area (Å²) >= 11 is 0. The number of carbonyl (C=O) groups excluding carboxylic acids is 1. The Kier molecular flexibility index (Phi) is 4.37. The van der Waals surface area contributed by atoms with Gasteiger partial charge in [0, 0.05) is 25.2 Å². The molecule has 98 valence electrons. The van der Waals surface area contributed by atoms with Crippen LogP contribution in [0.3, 0.4) is 0 Å².